The standard InChI is InChI=1S/C18H14F3N3O2/c1-11-22-16-13(8-5-9-14(16)18(19,20)21)17(26)24(11)23-15(25)10-12-6-3-2-4-7-12/h2-9H,10H2,1H3,(H,23,25). The third-order valence-corrected chi connectivity index (χ3v) is 3.82. The molecule has 0 bridgehead atoms. The second-order valence-corrected chi connectivity index (χ2v) is 5.70. The average Bonchev–Trinajstić information content (AvgIpc) is 2.58. The van der Waals surface area contributed by atoms with Crippen LogP contribution >= 0.6 is 0 Å². The van der Waals surface area contributed by atoms with E-state index in [0.717, 1.165) is 22.4 Å². The first-order chi connectivity index (χ1) is 12.3. The van der Waals surface area contributed by atoms with Crippen LogP contribution in [0.5, 0.6) is 0 Å². The van der Waals surface area contributed by atoms with Gasteiger partial charge in [0.1, 0.15) is 5.82 Å². The van der Waals surface area contributed by atoms with E-state index in [0.29, 0.717) is 0 Å². The maximum atomic E-state index is 13.1. The molecule has 0 aliphatic rings. The van der Waals surface area contributed by atoms with Gasteiger partial charge in [-0.25, -0.2) is 9.66 Å². The highest BCUT2D eigenvalue weighted by atomic mass is 19.4. The molecule has 3 rings (SSSR count). The minimum atomic E-state index is -4.63. The molecule has 0 saturated heterocycles. The number of rotatable bonds is 3. The summed E-state index contributed by atoms with van der Waals surface area (Å²) in [7, 11) is 0. The van der Waals surface area contributed by atoms with Gasteiger partial charge >= 0.3 is 6.18 Å². The number of amides is 1. The predicted octanol–water partition coefficient (Wildman–Crippen LogP) is 3.04. The van der Waals surface area contributed by atoms with Crippen LogP contribution in [0.2, 0.25) is 0 Å². The molecular formula is C18H14F3N3O2. The van der Waals surface area contributed by atoms with Crippen molar-refractivity contribution in [1.29, 1.82) is 0 Å². The van der Waals surface area contributed by atoms with Crippen LogP contribution in [-0.4, -0.2) is 15.6 Å². The number of benzene rings is 2. The Morgan fingerprint density at radius 2 is 1.81 bits per heavy atom. The quantitative estimate of drug-likeness (QED) is 0.780. The maximum absolute atomic E-state index is 13.1. The SMILES string of the molecule is Cc1nc2c(C(F)(F)F)cccc2c(=O)n1NC(=O)Cc1ccccc1. The number of nitrogens with zero attached hydrogens (tertiary/aromatic N) is 2. The smallest absolute Gasteiger partial charge is 0.273 e. The Morgan fingerprint density at radius 1 is 1.12 bits per heavy atom. The number of halogens is 3. The monoisotopic (exact) mass is 361 g/mol. The van der Waals surface area contributed by atoms with Gasteiger partial charge < -0.3 is 0 Å². The molecule has 0 radical (unpaired) electrons. The first-order valence-electron chi connectivity index (χ1n) is 7.71. The number of para-hydroxylation sites is 1. The van der Waals surface area contributed by atoms with E-state index in [1.165, 1.54) is 13.0 Å². The van der Waals surface area contributed by atoms with Gasteiger partial charge in [0.25, 0.3) is 5.56 Å². The van der Waals surface area contributed by atoms with E-state index in [-0.39, 0.29) is 17.6 Å². The van der Waals surface area contributed by atoms with Gasteiger partial charge in [-0.05, 0) is 24.6 Å². The van der Waals surface area contributed by atoms with Crippen molar-refractivity contribution in [3.8, 4) is 0 Å². The molecule has 3 aromatic rings. The van der Waals surface area contributed by atoms with Gasteiger partial charge in [0.15, 0.2) is 0 Å². The fourth-order valence-corrected chi connectivity index (χ4v) is 2.62. The number of nitrogens with one attached hydrogen (secondary N) is 1. The third kappa shape index (κ3) is 3.44. The lowest BCUT2D eigenvalue weighted by Gasteiger charge is -2.14. The maximum Gasteiger partial charge on any atom is 0.418 e. The highest BCUT2D eigenvalue weighted by Crippen LogP contribution is 2.32. The molecule has 1 N–H and O–H groups in total. The van der Waals surface area contributed by atoms with E-state index < -0.39 is 28.7 Å². The molecule has 0 unspecified atom stereocenters. The van der Waals surface area contributed by atoms with E-state index in [1.54, 1.807) is 24.3 Å². The van der Waals surface area contributed by atoms with Crippen molar-refractivity contribution in [2.24, 2.45) is 0 Å². The summed E-state index contributed by atoms with van der Waals surface area (Å²) in [6.07, 6.45) is -4.61. The van der Waals surface area contributed by atoms with Gasteiger partial charge in [-0.3, -0.25) is 15.0 Å². The molecule has 8 heteroatoms. The lowest BCUT2D eigenvalue weighted by molar-refractivity contribution is -0.136. The summed E-state index contributed by atoms with van der Waals surface area (Å²) in [5.41, 5.74) is 0.952. The van der Waals surface area contributed by atoms with Crippen molar-refractivity contribution in [2.45, 2.75) is 19.5 Å². The minimum absolute atomic E-state index is 0.0212. The van der Waals surface area contributed by atoms with Crippen molar-refractivity contribution in [2.75, 3.05) is 5.43 Å². The van der Waals surface area contributed by atoms with Gasteiger partial charge in [-0.15, -0.1) is 0 Å². The van der Waals surface area contributed by atoms with Gasteiger partial charge in [0.05, 0.1) is 22.9 Å². The number of aryl methyl sites for hydroxylation is 1. The fourth-order valence-electron chi connectivity index (χ4n) is 2.62. The van der Waals surface area contributed by atoms with Crippen molar-refractivity contribution in [3.63, 3.8) is 0 Å². The highest BCUT2D eigenvalue weighted by Gasteiger charge is 2.33. The van der Waals surface area contributed by atoms with Crippen LogP contribution in [0.1, 0.15) is 17.0 Å². The Kier molecular flexibility index (Phi) is 4.50. The number of hydrogen-bond acceptors (Lipinski definition) is 3. The van der Waals surface area contributed by atoms with E-state index >= 15 is 0 Å². The lowest BCUT2D eigenvalue weighted by atomic mass is 10.1. The molecule has 0 spiro atoms. The van der Waals surface area contributed by atoms with E-state index in [2.05, 4.69) is 10.4 Å². The average molecular weight is 361 g/mol. The van der Waals surface area contributed by atoms with E-state index in [9.17, 15) is 22.8 Å². The number of carbonyl (C=O) groups excluding carboxylic acids is 1. The second-order valence-electron chi connectivity index (χ2n) is 5.70. The summed E-state index contributed by atoms with van der Waals surface area (Å²) in [5.74, 6) is -0.518. The van der Waals surface area contributed by atoms with Crippen LogP contribution < -0.4 is 11.0 Å². The largest absolute Gasteiger partial charge is 0.418 e. The normalized spacial score (nSPS) is 11.5. The lowest BCUT2D eigenvalue weighted by Crippen LogP contribution is -2.36. The molecule has 1 heterocycles. The number of aromatic nitrogens is 2. The van der Waals surface area contributed by atoms with Crippen molar-refractivity contribution < 1.29 is 18.0 Å². The van der Waals surface area contributed by atoms with Gasteiger partial charge in [-0.2, -0.15) is 13.2 Å². The third-order valence-electron chi connectivity index (χ3n) is 3.82. The van der Waals surface area contributed by atoms with Crippen LogP contribution in [0.15, 0.2) is 53.3 Å². The molecule has 1 amide bonds. The van der Waals surface area contributed by atoms with E-state index in [4.69, 9.17) is 0 Å². The summed E-state index contributed by atoms with van der Waals surface area (Å²) < 4.78 is 40.2. The molecule has 1 aromatic heterocycles. The highest BCUT2D eigenvalue weighted by molar-refractivity contribution is 5.87. The predicted molar refractivity (Wildman–Crippen MR) is 90.3 cm³/mol. The minimum Gasteiger partial charge on any atom is -0.273 e. The Hall–Kier alpha value is -3.16. The molecule has 0 atom stereocenters. The number of fused-ring (bicyclic) bond motifs is 1. The molecule has 2 aromatic carbocycles. The van der Waals surface area contributed by atoms with Gasteiger partial charge in [0, 0.05) is 0 Å². The topological polar surface area (TPSA) is 64.0 Å². The fraction of sp³-hybridized carbons (Fsp3) is 0.167. The van der Waals surface area contributed by atoms with Crippen molar-refractivity contribution in [1.82, 2.24) is 9.66 Å². The number of carbonyl (C=O) groups is 1. The molecule has 0 saturated carbocycles. The number of alkyl halides is 3. The van der Waals surface area contributed by atoms with E-state index in [1.807, 2.05) is 6.07 Å². The Balaban J connectivity index is 2.00. The first kappa shape index (κ1) is 17.7. The zero-order chi connectivity index (χ0) is 18.9. The van der Waals surface area contributed by atoms with Crippen LogP contribution in [0, 0.1) is 6.92 Å². The zero-order valence-corrected chi connectivity index (χ0v) is 13.7. The summed E-state index contributed by atoms with van der Waals surface area (Å²) in [6.45, 7) is 1.36. The first-order valence-corrected chi connectivity index (χ1v) is 7.71. The van der Waals surface area contributed by atoms with Crippen LogP contribution in [0.3, 0.4) is 0 Å². The molecular weight excluding hydrogens is 347 g/mol. The molecule has 0 aliphatic carbocycles. The van der Waals surface area contributed by atoms with Crippen molar-refractivity contribution >= 4 is 16.8 Å². The summed E-state index contributed by atoms with van der Waals surface area (Å²) in [6, 6.07) is 12.1. The Bertz CT molecular complexity index is 1030. The molecule has 26 heavy (non-hydrogen) atoms. The summed E-state index contributed by atoms with van der Waals surface area (Å²) >= 11 is 0. The molecule has 0 aliphatic heterocycles. The second kappa shape index (κ2) is 6.62. The van der Waals surface area contributed by atoms with Gasteiger partial charge in [-0.1, -0.05) is 36.4 Å². The molecule has 134 valence electrons. The van der Waals surface area contributed by atoms with Crippen LogP contribution in [0.4, 0.5) is 13.2 Å². The summed E-state index contributed by atoms with van der Waals surface area (Å²) in [5, 5.41) is -0.217. The van der Waals surface area contributed by atoms with Crippen LogP contribution in [-0.2, 0) is 17.4 Å². The summed E-state index contributed by atoms with van der Waals surface area (Å²) in [4.78, 5) is 28.6. The number of hydrogen-bond donors (Lipinski definition) is 1. The van der Waals surface area contributed by atoms with Crippen molar-refractivity contribution in [3.05, 3.63) is 75.8 Å². The Labute approximate surface area is 146 Å². The Morgan fingerprint density at radius 3 is 2.46 bits per heavy atom. The zero-order valence-electron chi connectivity index (χ0n) is 13.7. The van der Waals surface area contributed by atoms with Crippen LogP contribution in [0.25, 0.3) is 10.9 Å². The molecule has 5 nitrogen and oxygen atoms in total. The van der Waals surface area contributed by atoms with Gasteiger partial charge in [0.2, 0.25) is 5.91 Å². The molecule has 0 fully saturated rings.